The molecule has 1 aliphatic heterocycles. The Labute approximate surface area is 196 Å². The van der Waals surface area contributed by atoms with E-state index in [0.29, 0.717) is 42.8 Å². The summed E-state index contributed by atoms with van der Waals surface area (Å²) >= 11 is 15.4. The number of aromatic nitrogens is 3. The molecule has 0 bridgehead atoms. The van der Waals surface area contributed by atoms with Crippen molar-refractivity contribution in [1.29, 1.82) is 0 Å². The summed E-state index contributed by atoms with van der Waals surface area (Å²) in [5.74, 6) is 0.0133. The molecule has 31 heavy (non-hydrogen) atoms. The molecule has 0 aliphatic carbocycles. The number of fused-ring (bicyclic) bond motifs is 2. The number of ether oxygens (including phenoxy) is 1. The van der Waals surface area contributed by atoms with Crippen molar-refractivity contribution in [2.75, 3.05) is 31.1 Å². The summed E-state index contributed by atoms with van der Waals surface area (Å²) in [5.41, 5.74) is -0.132. The van der Waals surface area contributed by atoms with Gasteiger partial charge in [0.25, 0.3) is 0 Å². The van der Waals surface area contributed by atoms with Crippen LogP contribution in [0.2, 0.25) is 10.3 Å². The lowest BCUT2D eigenvalue weighted by molar-refractivity contribution is 0.0240. The normalized spacial score (nSPS) is 15.1. The first kappa shape index (κ1) is 22.2. The van der Waals surface area contributed by atoms with Crippen LogP contribution in [0.25, 0.3) is 21.9 Å². The van der Waals surface area contributed by atoms with Crippen LogP contribution >= 0.6 is 39.1 Å². The van der Waals surface area contributed by atoms with Crippen molar-refractivity contribution in [3.8, 4) is 0 Å². The summed E-state index contributed by atoms with van der Waals surface area (Å²) in [5, 5.41) is 1.41. The van der Waals surface area contributed by atoms with Gasteiger partial charge >= 0.3 is 6.09 Å². The maximum atomic E-state index is 14.6. The van der Waals surface area contributed by atoms with Crippen molar-refractivity contribution in [2.45, 2.75) is 26.4 Å². The number of amides is 1. The SMILES string of the molecule is CC(C)(C)OC(=O)N1CCN(c2nc(Cl)nc3nc4c(F)c(Br)c(Cl)cc4cc23)CC1. The fraction of sp³-hybridized carbons (Fsp3) is 0.400. The van der Waals surface area contributed by atoms with E-state index in [2.05, 4.69) is 30.9 Å². The monoisotopic (exact) mass is 529 g/mol. The molecule has 0 spiro atoms. The molecule has 0 atom stereocenters. The molecule has 1 aliphatic rings. The summed E-state index contributed by atoms with van der Waals surface area (Å²) in [4.78, 5) is 28.9. The zero-order valence-electron chi connectivity index (χ0n) is 17.0. The number of anilines is 1. The zero-order chi connectivity index (χ0) is 22.5. The molecule has 0 unspecified atom stereocenters. The van der Waals surface area contributed by atoms with Crippen LogP contribution in [0.4, 0.5) is 15.0 Å². The van der Waals surface area contributed by atoms with Gasteiger partial charge in [0.1, 0.15) is 16.9 Å². The van der Waals surface area contributed by atoms with Crippen LogP contribution in [-0.4, -0.2) is 57.7 Å². The minimum Gasteiger partial charge on any atom is -0.444 e. The number of halogens is 4. The second-order valence-electron chi connectivity index (χ2n) is 8.19. The summed E-state index contributed by atoms with van der Waals surface area (Å²) < 4.78 is 20.2. The number of hydrogen-bond acceptors (Lipinski definition) is 6. The molecule has 164 valence electrons. The smallest absolute Gasteiger partial charge is 0.410 e. The summed E-state index contributed by atoms with van der Waals surface area (Å²) in [6.07, 6.45) is -0.346. The van der Waals surface area contributed by atoms with E-state index in [1.165, 1.54) is 0 Å². The summed E-state index contributed by atoms with van der Waals surface area (Å²) in [6.45, 7) is 7.48. The Kier molecular flexibility index (Phi) is 5.87. The number of hydrogen-bond donors (Lipinski definition) is 0. The van der Waals surface area contributed by atoms with Crippen molar-refractivity contribution in [3.05, 3.63) is 32.7 Å². The van der Waals surface area contributed by atoms with E-state index in [1.807, 2.05) is 25.7 Å². The van der Waals surface area contributed by atoms with Crippen molar-refractivity contribution < 1.29 is 13.9 Å². The highest BCUT2D eigenvalue weighted by molar-refractivity contribution is 9.10. The number of pyridine rings is 1. The highest BCUT2D eigenvalue weighted by Crippen LogP contribution is 2.34. The highest BCUT2D eigenvalue weighted by atomic mass is 79.9. The van der Waals surface area contributed by atoms with E-state index >= 15 is 0 Å². The first-order chi connectivity index (χ1) is 14.5. The quantitative estimate of drug-likeness (QED) is 0.237. The van der Waals surface area contributed by atoms with Crippen LogP contribution in [0.5, 0.6) is 0 Å². The maximum Gasteiger partial charge on any atom is 0.410 e. The Balaban J connectivity index is 1.68. The van der Waals surface area contributed by atoms with Crippen LogP contribution in [0.1, 0.15) is 20.8 Å². The Morgan fingerprint density at radius 3 is 2.45 bits per heavy atom. The highest BCUT2D eigenvalue weighted by Gasteiger charge is 2.27. The zero-order valence-corrected chi connectivity index (χ0v) is 20.1. The Hall–Kier alpha value is -1.97. The van der Waals surface area contributed by atoms with Crippen molar-refractivity contribution >= 4 is 73.0 Å². The number of carbonyl (C=O) groups is 1. The largest absolute Gasteiger partial charge is 0.444 e. The molecule has 11 heteroatoms. The molecule has 1 saturated heterocycles. The third-order valence-electron chi connectivity index (χ3n) is 4.79. The lowest BCUT2D eigenvalue weighted by atomic mass is 10.1. The molecule has 1 amide bonds. The second kappa shape index (κ2) is 8.18. The Bertz CT molecular complexity index is 1200. The van der Waals surface area contributed by atoms with Gasteiger partial charge in [-0.2, -0.15) is 9.97 Å². The molecule has 3 heterocycles. The minimum absolute atomic E-state index is 0.0114. The van der Waals surface area contributed by atoms with E-state index in [4.69, 9.17) is 27.9 Å². The second-order valence-corrected chi connectivity index (χ2v) is 9.73. The third kappa shape index (κ3) is 4.49. The van der Waals surface area contributed by atoms with E-state index < -0.39 is 11.4 Å². The van der Waals surface area contributed by atoms with Crippen molar-refractivity contribution in [1.82, 2.24) is 19.9 Å². The van der Waals surface area contributed by atoms with Crippen LogP contribution in [0.15, 0.2) is 16.6 Å². The number of piperazine rings is 1. The summed E-state index contributed by atoms with van der Waals surface area (Å²) in [6, 6.07) is 3.39. The molecule has 7 nitrogen and oxygen atoms in total. The van der Waals surface area contributed by atoms with E-state index in [1.54, 1.807) is 17.0 Å². The van der Waals surface area contributed by atoms with Crippen LogP contribution in [0.3, 0.4) is 0 Å². The Morgan fingerprint density at radius 2 is 1.81 bits per heavy atom. The molecule has 0 N–H and O–H groups in total. The molecular weight excluding hydrogens is 512 g/mol. The first-order valence-electron chi connectivity index (χ1n) is 9.58. The lowest BCUT2D eigenvalue weighted by Crippen LogP contribution is -2.50. The number of nitrogens with zero attached hydrogens (tertiary/aromatic N) is 5. The van der Waals surface area contributed by atoms with Gasteiger partial charge < -0.3 is 14.5 Å². The van der Waals surface area contributed by atoms with Gasteiger partial charge in [0.05, 0.1) is 14.9 Å². The predicted molar refractivity (Wildman–Crippen MR) is 123 cm³/mol. The van der Waals surface area contributed by atoms with E-state index in [-0.39, 0.29) is 32.0 Å². The van der Waals surface area contributed by atoms with E-state index in [9.17, 15) is 9.18 Å². The number of carbonyl (C=O) groups excluding carboxylic acids is 1. The fourth-order valence-corrected chi connectivity index (χ4v) is 4.05. The minimum atomic E-state index is -0.563. The lowest BCUT2D eigenvalue weighted by Gasteiger charge is -2.36. The Morgan fingerprint density at radius 1 is 1.13 bits per heavy atom. The molecule has 1 fully saturated rings. The molecular formula is C20H19BrCl2FN5O2. The van der Waals surface area contributed by atoms with Crippen molar-refractivity contribution in [2.24, 2.45) is 0 Å². The molecule has 0 saturated carbocycles. The van der Waals surface area contributed by atoms with E-state index in [0.717, 1.165) is 0 Å². The standard InChI is InChI=1S/C20H19BrCl2FN5O2/c1-20(2,3)31-19(30)29-6-4-28(5-7-29)17-11-8-10-9-12(22)13(21)14(24)15(10)25-16(11)26-18(23)27-17/h8-9H,4-7H2,1-3H3. The number of rotatable bonds is 1. The predicted octanol–water partition coefficient (Wildman–Crippen LogP) is 5.44. The summed E-state index contributed by atoms with van der Waals surface area (Å²) in [7, 11) is 0. The third-order valence-corrected chi connectivity index (χ3v) is 6.26. The molecule has 4 rings (SSSR count). The molecule has 2 aromatic heterocycles. The van der Waals surface area contributed by atoms with Crippen LogP contribution in [0, 0.1) is 5.82 Å². The molecule has 3 aromatic rings. The van der Waals surface area contributed by atoms with Gasteiger partial charge in [0.2, 0.25) is 5.28 Å². The van der Waals surface area contributed by atoms with Gasteiger partial charge in [-0.05, 0) is 60.4 Å². The van der Waals surface area contributed by atoms with Gasteiger partial charge in [-0.3, -0.25) is 0 Å². The van der Waals surface area contributed by atoms with Crippen LogP contribution < -0.4 is 4.90 Å². The van der Waals surface area contributed by atoms with Gasteiger partial charge in [0, 0.05) is 31.6 Å². The number of benzene rings is 1. The topological polar surface area (TPSA) is 71.5 Å². The average molecular weight is 531 g/mol. The van der Waals surface area contributed by atoms with Gasteiger partial charge in [-0.1, -0.05) is 11.6 Å². The van der Waals surface area contributed by atoms with Gasteiger partial charge in [-0.15, -0.1) is 0 Å². The van der Waals surface area contributed by atoms with Gasteiger partial charge in [-0.25, -0.2) is 14.2 Å². The maximum absolute atomic E-state index is 14.6. The molecule has 0 radical (unpaired) electrons. The average Bonchev–Trinajstić information content (AvgIpc) is 2.69. The van der Waals surface area contributed by atoms with Crippen LogP contribution in [-0.2, 0) is 4.74 Å². The molecule has 1 aromatic carbocycles. The van der Waals surface area contributed by atoms with Gasteiger partial charge in [0.15, 0.2) is 11.5 Å². The first-order valence-corrected chi connectivity index (χ1v) is 11.1. The fourth-order valence-electron chi connectivity index (χ4n) is 3.39. The van der Waals surface area contributed by atoms with Crippen molar-refractivity contribution in [3.63, 3.8) is 0 Å².